The van der Waals surface area contributed by atoms with Crippen LogP contribution in [0, 0.1) is 11.3 Å². The monoisotopic (exact) mass is 422 g/mol. The molecule has 0 amide bonds. The molecule has 30 heavy (non-hydrogen) atoms. The molecule has 0 bridgehead atoms. The van der Waals surface area contributed by atoms with Gasteiger partial charge in [0.1, 0.15) is 0 Å². The maximum Gasteiger partial charge on any atom is 0.243 e. The summed E-state index contributed by atoms with van der Waals surface area (Å²) in [5.41, 5.74) is 2.18. The van der Waals surface area contributed by atoms with E-state index in [1.165, 1.54) is 30.7 Å². The third-order valence-corrected chi connectivity index (χ3v) is 6.42. The first-order chi connectivity index (χ1) is 14.5. The lowest BCUT2D eigenvalue weighted by Crippen LogP contribution is -2.30. The molecule has 154 valence electrons. The van der Waals surface area contributed by atoms with Crippen molar-refractivity contribution in [2.75, 3.05) is 14.2 Å². The molecule has 0 saturated heterocycles. The number of ether oxygens (including phenoxy) is 2. The molecule has 0 unspecified atom stereocenters. The molecule has 0 heterocycles. The molecule has 3 rings (SSSR count). The van der Waals surface area contributed by atoms with Gasteiger partial charge in [0.2, 0.25) is 10.0 Å². The van der Waals surface area contributed by atoms with Crippen LogP contribution in [0.25, 0.3) is 0 Å². The summed E-state index contributed by atoms with van der Waals surface area (Å²) in [6.45, 7) is 0.370. The summed E-state index contributed by atoms with van der Waals surface area (Å²) < 4.78 is 38.9. The van der Waals surface area contributed by atoms with Gasteiger partial charge in [0.05, 0.1) is 30.7 Å². The van der Waals surface area contributed by atoms with Crippen molar-refractivity contribution in [3.63, 3.8) is 0 Å². The number of nitriles is 1. The van der Waals surface area contributed by atoms with Gasteiger partial charge in [-0.05, 0) is 35.4 Å². The Morgan fingerprint density at radius 2 is 1.43 bits per heavy atom. The van der Waals surface area contributed by atoms with E-state index in [-0.39, 0.29) is 18.0 Å². The molecule has 0 aliphatic rings. The zero-order chi connectivity index (χ0) is 21.6. The van der Waals surface area contributed by atoms with E-state index in [1.54, 1.807) is 30.3 Å². The van der Waals surface area contributed by atoms with Gasteiger partial charge in [0, 0.05) is 19.2 Å². The zero-order valence-electron chi connectivity index (χ0n) is 16.8. The van der Waals surface area contributed by atoms with E-state index in [0.29, 0.717) is 17.1 Å². The lowest BCUT2D eigenvalue weighted by atomic mass is 10.1. The van der Waals surface area contributed by atoms with Crippen LogP contribution in [0.1, 0.15) is 16.7 Å². The molecule has 6 nitrogen and oxygen atoms in total. The molecule has 3 aromatic rings. The van der Waals surface area contributed by atoms with Crippen LogP contribution in [0.3, 0.4) is 0 Å². The highest BCUT2D eigenvalue weighted by Gasteiger charge is 2.26. The molecule has 0 aromatic heterocycles. The Bertz CT molecular complexity index is 1140. The van der Waals surface area contributed by atoms with Crippen molar-refractivity contribution < 1.29 is 17.9 Å². The first-order valence-electron chi connectivity index (χ1n) is 9.23. The van der Waals surface area contributed by atoms with E-state index in [1.807, 2.05) is 30.3 Å². The molecular formula is C23H22N2O4S. The van der Waals surface area contributed by atoms with Crippen molar-refractivity contribution in [1.82, 2.24) is 4.31 Å². The van der Waals surface area contributed by atoms with E-state index in [4.69, 9.17) is 14.7 Å². The summed E-state index contributed by atoms with van der Waals surface area (Å²) in [4.78, 5) is 0.115. The summed E-state index contributed by atoms with van der Waals surface area (Å²) in [5, 5.41) is 9.00. The summed E-state index contributed by atoms with van der Waals surface area (Å²) >= 11 is 0. The number of rotatable bonds is 8. The van der Waals surface area contributed by atoms with Gasteiger partial charge >= 0.3 is 0 Å². The van der Waals surface area contributed by atoms with Crippen molar-refractivity contribution in [2.24, 2.45) is 0 Å². The Labute approximate surface area is 177 Å². The SMILES string of the molecule is COc1ccc(S(=O)(=O)N(Cc2ccccc2)Cc2ccc(C#N)cc2)cc1OC. The highest BCUT2D eigenvalue weighted by Crippen LogP contribution is 2.31. The van der Waals surface area contributed by atoms with Crippen molar-refractivity contribution in [2.45, 2.75) is 18.0 Å². The number of benzene rings is 3. The Kier molecular flexibility index (Phi) is 6.72. The summed E-state index contributed by atoms with van der Waals surface area (Å²) in [6, 6.07) is 22.9. The smallest absolute Gasteiger partial charge is 0.243 e. The average Bonchev–Trinajstić information content (AvgIpc) is 2.79. The Morgan fingerprint density at radius 3 is 2.00 bits per heavy atom. The fourth-order valence-corrected chi connectivity index (χ4v) is 4.46. The number of nitrogens with zero attached hydrogens (tertiary/aromatic N) is 2. The average molecular weight is 423 g/mol. The van der Waals surface area contributed by atoms with E-state index in [2.05, 4.69) is 6.07 Å². The van der Waals surface area contributed by atoms with E-state index < -0.39 is 10.0 Å². The second-order valence-electron chi connectivity index (χ2n) is 6.58. The minimum Gasteiger partial charge on any atom is -0.493 e. The van der Waals surface area contributed by atoms with Gasteiger partial charge in [-0.3, -0.25) is 0 Å². The number of sulfonamides is 1. The molecule has 0 N–H and O–H groups in total. The highest BCUT2D eigenvalue weighted by molar-refractivity contribution is 7.89. The van der Waals surface area contributed by atoms with Crippen LogP contribution in [-0.2, 0) is 23.1 Å². The van der Waals surface area contributed by atoms with Crippen molar-refractivity contribution >= 4 is 10.0 Å². The van der Waals surface area contributed by atoms with Crippen LogP contribution in [0.15, 0.2) is 77.7 Å². The molecule has 0 spiro atoms. The maximum atomic E-state index is 13.5. The van der Waals surface area contributed by atoms with Crippen LogP contribution in [0.4, 0.5) is 0 Å². The van der Waals surface area contributed by atoms with Gasteiger partial charge in [-0.15, -0.1) is 0 Å². The van der Waals surface area contributed by atoms with Gasteiger partial charge in [0.25, 0.3) is 0 Å². The first-order valence-corrected chi connectivity index (χ1v) is 10.7. The van der Waals surface area contributed by atoms with Gasteiger partial charge in [-0.2, -0.15) is 9.57 Å². The lowest BCUT2D eigenvalue weighted by molar-refractivity contribution is 0.353. The van der Waals surface area contributed by atoms with E-state index >= 15 is 0 Å². The topological polar surface area (TPSA) is 79.6 Å². The van der Waals surface area contributed by atoms with Crippen molar-refractivity contribution in [3.05, 3.63) is 89.5 Å². The van der Waals surface area contributed by atoms with E-state index in [0.717, 1.165) is 11.1 Å². The molecule has 0 fully saturated rings. The van der Waals surface area contributed by atoms with Crippen molar-refractivity contribution in [1.29, 1.82) is 5.26 Å². The minimum absolute atomic E-state index is 0.115. The standard InChI is InChI=1S/C23H22N2O4S/c1-28-22-13-12-21(14-23(22)29-2)30(26,27)25(16-19-6-4-3-5-7-19)17-20-10-8-18(15-24)9-11-20/h3-14H,16-17H2,1-2H3. The van der Waals surface area contributed by atoms with Crippen molar-refractivity contribution in [3.8, 4) is 17.6 Å². The van der Waals surface area contributed by atoms with Crippen LogP contribution < -0.4 is 9.47 Å². The molecule has 0 saturated carbocycles. The fourth-order valence-electron chi connectivity index (χ4n) is 3.03. The minimum atomic E-state index is -3.84. The first kappa shape index (κ1) is 21.4. The third kappa shape index (κ3) is 4.79. The normalized spacial score (nSPS) is 11.1. The second-order valence-corrected chi connectivity index (χ2v) is 8.52. The predicted molar refractivity (Wildman–Crippen MR) is 114 cm³/mol. The molecule has 0 radical (unpaired) electrons. The number of hydrogen-bond donors (Lipinski definition) is 0. The molecule has 0 aliphatic carbocycles. The molecular weight excluding hydrogens is 400 g/mol. The Balaban J connectivity index is 2.00. The number of hydrogen-bond acceptors (Lipinski definition) is 5. The molecule has 3 aromatic carbocycles. The lowest BCUT2D eigenvalue weighted by Gasteiger charge is -2.23. The number of methoxy groups -OCH3 is 2. The molecule has 0 atom stereocenters. The fraction of sp³-hybridized carbons (Fsp3) is 0.174. The summed E-state index contributed by atoms with van der Waals surface area (Å²) in [5.74, 6) is 0.801. The van der Waals surface area contributed by atoms with Crippen LogP contribution in [0.5, 0.6) is 11.5 Å². The highest BCUT2D eigenvalue weighted by atomic mass is 32.2. The van der Waals surface area contributed by atoms with Crippen LogP contribution in [0.2, 0.25) is 0 Å². The molecule has 7 heteroatoms. The quantitative estimate of drug-likeness (QED) is 0.549. The van der Waals surface area contributed by atoms with Gasteiger partial charge < -0.3 is 9.47 Å². The van der Waals surface area contributed by atoms with E-state index in [9.17, 15) is 8.42 Å². The predicted octanol–water partition coefficient (Wildman–Crippen LogP) is 3.97. The van der Waals surface area contributed by atoms with Gasteiger partial charge in [0.15, 0.2) is 11.5 Å². The van der Waals surface area contributed by atoms with Gasteiger partial charge in [-0.25, -0.2) is 8.42 Å². The summed E-state index contributed by atoms with van der Waals surface area (Å²) in [7, 11) is -0.874. The van der Waals surface area contributed by atoms with Crippen LogP contribution >= 0.6 is 0 Å². The second kappa shape index (κ2) is 9.44. The Hall–Kier alpha value is -3.34. The Morgan fingerprint density at radius 1 is 0.833 bits per heavy atom. The largest absolute Gasteiger partial charge is 0.493 e. The zero-order valence-corrected chi connectivity index (χ0v) is 17.6. The maximum absolute atomic E-state index is 13.5. The van der Waals surface area contributed by atoms with Crippen LogP contribution in [-0.4, -0.2) is 26.9 Å². The third-order valence-electron chi connectivity index (χ3n) is 4.64. The molecule has 0 aliphatic heterocycles. The summed E-state index contributed by atoms with van der Waals surface area (Å²) in [6.07, 6.45) is 0. The van der Waals surface area contributed by atoms with Gasteiger partial charge in [-0.1, -0.05) is 42.5 Å².